The highest BCUT2D eigenvalue weighted by molar-refractivity contribution is 6.33. The molecule has 0 saturated carbocycles. The Morgan fingerprint density at radius 3 is 2.43 bits per heavy atom. The van der Waals surface area contributed by atoms with Crippen LogP contribution in [0, 0.1) is 0 Å². The molecule has 0 aliphatic rings. The fraction of sp³-hybridized carbons (Fsp3) is 0.368. The molecular formula is C19H23Cl2N5O2. The fourth-order valence-corrected chi connectivity index (χ4v) is 2.77. The summed E-state index contributed by atoms with van der Waals surface area (Å²) in [5.74, 6) is -0.0683. The minimum Gasteiger partial charge on any atom is -0.351 e. The molecule has 28 heavy (non-hydrogen) atoms. The summed E-state index contributed by atoms with van der Waals surface area (Å²) in [4.78, 5) is 34.7. The second kappa shape index (κ2) is 10.8. The molecule has 0 aliphatic carbocycles. The standard InChI is InChI=1S/C19H23Cl2N5O2/c1-3-26(4-2)19-23-12-15(21)17(25-19)18(28)22-11-5-6-16(27)24-14-9-7-13(20)8-10-14/h7-10,12H,3-6,11H2,1-2H3,(H,22,28)(H,24,27). The van der Waals surface area contributed by atoms with Gasteiger partial charge in [0.05, 0.1) is 11.2 Å². The summed E-state index contributed by atoms with van der Waals surface area (Å²) in [6.07, 6.45) is 2.18. The Bertz CT molecular complexity index is 810. The highest BCUT2D eigenvalue weighted by Crippen LogP contribution is 2.16. The first-order valence-corrected chi connectivity index (χ1v) is 9.81. The number of anilines is 2. The Labute approximate surface area is 174 Å². The molecule has 1 aromatic carbocycles. The van der Waals surface area contributed by atoms with E-state index in [0.717, 1.165) is 13.1 Å². The van der Waals surface area contributed by atoms with Crippen molar-refractivity contribution in [2.45, 2.75) is 26.7 Å². The van der Waals surface area contributed by atoms with E-state index in [1.165, 1.54) is 6.20 Å². The van der Waals surface area contributed by atoms with Crippen molar-refractivity contribution in [2.24, 2.45) is 0 Å². The molecule has 2 rings (SSSR count). The zero-order valence-electron chi connectivity index (χ0n) is 15.8. The molecule has 1 aromatic heterocycles. The van der Waals surface area contributed by atoms with Gasteiger partial charge in [0, 0.05) is 36.8 Å². The van der Waals surface area contributed by atoms with E-state index >= 15 is 0 Å². The number of benzene rings is 1. The number of aromatic nitrogens is 2. The Morgan fingerprint density at radius 1 is 1.11 bits per heavy atom. The molecule has 2 N–H and O–H groups in total. The summed E-state index contributed by atoms with van der Waals surface area (Å²) in [6.45, 7) is 5.74. The Morgan fingerprint density at radius 2 is 1.79 bits per heavy atom. The maximum absolute atomic E-state index is 12.4. The van der Waals surface area contributed by atoms with Gasteiger partial charge in [-0.15, -0.1) is 0 Å². The van der Waals surface area contributed by atoms with Crippen LogP contribution in [0.4, 0.5) is 11.6 Å². The van der Waals surface area contributed by atoms with Gasteiger partial charge in [0.2, 0.25) is 11.9 Å². The average molecular weight is 424 g/mol. The predicted octanol–water partition coefficient (Wildman–Crippen LogP) is 3.78. The van der Waals surface area contributed by atoms with Crippen molar-refractivity contribution in [1.82, 2.24) is 15.3 Å². The van der Waals surface area contributed by atoms with Gasteiger partial charge < -0.3 is 15.5 Å². The van der Waals surface area contributed by atoms with Gasteiger partial charge in [0.15, 0.2) is 5.69 Å². The zero-order valence-corrected chi connectivity index (χ0v) is 17.3. The number of halogens is 2. The van der Waals surface area contributed by atoms with Crippen molar-refractivity contribution in [2.75, 3.05) is 29.9 Å². The van der Waals surface area contributed by atoms with Crippen LogP contribution in [0.1, 0.15) is 37.2 Å². The van der Waals surface area contributed by atoms with E-state index in [2.05, 4.69) is 20.6 Å². The van der Waals surface area contributed by atoms with Gasteiger partial charge in [-0.3, -0.25) is 9.59 Å². The highest BCUT2D eigenvalue weighted by atomic mass is 35.5. The number of hydrogen-bond acceptors (Lipinski definition) is 5. The molecule has 0 atom stereocenters. The largest absolute Gasteiger partial charge is 0.351 e. The van der Waals surface area contributed by atoms with Crippen LogP contribution in [0.15, 0.2) is 30.5 Å². The lowest BCUT2D eigenvalue weighted by molar-refractivity contribution is -0.116. The number of carbonyl (C=O) groups excluding carboxylic acids is 2. The molecule has 0 fully saturated rings. The zero-order chi connectivity index (χ0) is 20.5. The maximum Gasteiger partial charge on any atom is 0.271 e. The number of carbonyl (C=O) groups is 2. The SMILES string of the molecule is CCN(CC)c1ncc(Cl)c(C(=O)NCCCC(=O)Nc2ccc(Cl)cc2)n1. The van der Waals surface area contributed by atoms with Crippen LogP contribution < -0.4 is 15.5 Å². The van der Waals surface area contributed by atoms with Crippen LogP contribution in [0.2, 0.25) is 10.0 Å². The van der Waals surface area contributed by atoms with Crippen LogP contribution in [-0.2, 0) is 4.79 Å². The second-order valence-corrected chi connectivity index (χ2v) is 6.80. The fourth-order valence-electron chi connectivity index (χ4n) is 2.47. The summed E-state index contributed by atoms with van der Waals surface area (Å²) in [5.41, 5.74) is 0.805. The molecule has 2 amide bonds. The first-order valence-electron chi connectivity index (χ1n) is 9.05. The van der Waals surface area contributed by atoms with E-state index in [0.29, 0.717) is 29.6 Å². The van der Waals surface area contributed by atoms with Gasteiger partial charge >= 0.3 is 0 Å². The molecule has 1 heterocycles. The van der Waals surface area contributed by atoms with Gasteiger partial charge in [-0.1, -0.05) is 23.2 Å². The van der Waals surface area contributed by atoms with E-state index in [4.69, 9.17) is 23.2 Å². The van der Waals surface area contributed by atoms with Crippen LogP contribution in [0.5, 0.6) is 0 Å². The molecule has 0 saturated heterocycles. The quantitative estimate of drug-likeness (QED) is 0.599. The van der Waals surface area contributed by atoms with E-state index in [-0.39, 0.29) is 29.0 Å². The van der Waals surface area contributed by atoms with Crippen LogP contribution in [-0.4, -0.2) is 41.4 Å². The van der Waals surface area contributed by atoms with E-state index < -0.39 is 0 Å². The van der Waals surface area contributed by atoms with Crippen molar-refractivity contribution < 1.29 is 9.59 Å². The van der Waals surface area contributed by atoms with Gasteiger partial charge in [-0.05, 0) is 44.5 Å². The van der Waals surface area contributed by atoms with Crippen molar-refractivity contribution in [3.05, 3.63) is 46.2 Å². The van der Waals surface area contributed by atoms with E-state index in [9.17, 15) is 9.59 Å². The van der Waals surface area contributed by atoms with Crippen molar-refractivity contribution >= 4 is 46.7 Å². The van der Waals surface area contributed by atoms with E-state index in [1.54, 1.807) is 24.3 Å². The lowest BCUT2D eigenvalue weighted by Gasteiger charge is -2.19. The highest BCUT2D eigenvalue weighted by Gasteiger charge is 2.16. The maximum atomic E-state index is 12.4. The van der Waals surface area contributed by atoms with Gasteiger partial charge in [-0.25, -0.2) is 9.97 Å². The Kier molecular flexibility index (Phi) is 8.47. The van der Waals surface area contributed by atoms with E-state index in [1.807, 2.05) is 18.7 Å². The molecule has 0 spiro atoms. The number of amides is 2. The Balaban J connectivity index is 1.82. The number of hydrogen-bond donors (Lipinski definition) is 2. The molecule has 0 radical (unpaired) electrons. The van der Waals surface area contributed by atoms with Crippen molar-refractivity contribution in [3.63, 3.8) is 0 Å². The van der Waals surface area contributed by atoms with Gasteiger partial charge in [0.25, 0.3) is 5.91 Å². The topological polar surface area (TPSA) is 87.2 Å². The van der Waals surface area contributed by atoms with Crippen LogP contribution in [0.25, 0.3) is 0 Å². The lowest BCUT2D eigenvalue weighted by atomic mass is 10.2. The molecule has 0 aliphatic heterocycles. The molecule has 0 unspecified atom stereocenters. The third-order valence-electron chi connectivity index (χ3n) is 3.99. The lowest BCUT2D eigenvalue weighted by Crippen LogP contribution is -2.29. The molecule has 2 aromatic rings. The van der Waals surface area contributed by atoms with Crippen LogP contribution >= 0.6 is 23.2 Å². The third-order valence-corrected chi connectivity index (χ3v) is 4.52. The average Bonchev–Trinajstić information content (AvgIpc) is 2.69. The van der Waals surface area contributed by atoms with Crippen LogP contribution in [0.3, 0.4) is 0 Å². The monoisotopic (exact) mass is 423 g/mol. The molecule has 9 heteroatoms. The number of rotatable bonds is 9. The van der Waals surface area contributed by atoms with Gasteiger partial charge in [0.1, 0.15) is 0 Å². The molecular weight excluding hydrogens is 401 g/mol. The Hall–Kier alpha value is -2.38. The molecule has 150 valence electrons. The minimum atomic E-state index is -0.390. The summed E-state index contributed by atoms with van der Waals surface area (Å²) >= 11 is 11.9. The minimum absolute atomic E-state index is 0.129. The first-order chi connectivity index (χ1) is 13.4. The number of nitrogens with zero attached hydrogens (tertiary/aromatic N) is 3. The smallest absolute Gasteiger partial charge is 0.271 e. The summed E-state index contributed by atoms with van der Waals surface area (Å²) in [7, 11) is 0. The van der Waals surface area contributed by atoms with Crippen molar-refractivity contribution in [1.29, 1.82) is 0 Å². The summed E-state index contributed by atoms with van der Waals surface area (Å²) in [5, 5.41) is 6.31. The van der Waals surface area contributed by atoms with Gasteiger partial charge in [-0.2, -0.15) is 0 Å². The number of nitrogens with one attached hydrogen (secondary N) is 2. The first kappa shape index (κ1) is 21.9. The second-order valence-electron chi connectivity index (χ2n) is 5.95. The third kappa shape index (κ3) is 6.35. The molecule has 0 bridgehead atoms. The predicted molar refractivity (Wildman–Crippen MR) is 112 cm³/mol. The normalized spacial score (nSPS) is 10.4. The summed E-state index contributed by atoms with van der Waals surface area (Å²) < 4.78 is 0. The summed E-state index contributed by atoms with van der Waals surface area (Å²) in [6, 6.07) is 6.86. The molecule has 7 nitrogen and oxygen atoms in total. The van der Waals surface area contributed by atoms with Crippen molar-refractivity contribution in [3.8, 4) is 0 Å².